The number of amides is 2. The van der Waals surface area contributed by atoms with Gasteiger partial charge in [-0.05, 0) is 17.7 Å². The number of aromatic nitrogens is 2. The van der Waals surface area contributed by atoms with Gasteiger partial charge in [0, 0.05) is 12.1 Å². The highest BCUT2D eigenvalue weighted by Gasteiger charge is 2.48. The number of benzene rings is 2. The summed E-state index contributed by atoms with van der Waals surface area (Å²) in [4.78, 5) is 24.5. The molecule has 2 aromatic carbocycles. The van der Waals surface area contributed by atoms with Crippen molar-refractivity contribution in [3.8, 4) is 17.0 Å². The molecule has 1 aliphatic heterocycles. The molecule has 1 fully saturated rings. The summed E-state index contributed by atoms with van der Waals surface area (Å²) in [5.41, 5.74) is 13.0. The van der Waals surface area contributed by atoms with E-state index < -0.39 is 24.5 Å². The molecule has 9 nitrogen and oxygen atoms in total. The minimum Gasteiger partial charge on any atom is -0.496 e. The molecular formula is C23H23F2N5O4. The number of anilines is 1. The van der Waals surface area contributed by atoms with Crippen LogP contribution in [0.5, 0.6) is 5.75 Å². The van der Waals surface area contributed by atoms with Crippen molar-refractivity contribution in [1.82, 2.24) is 15.1 Å². The van der Waals surface area contributed by atoms with E-state index in [1.54, 1.807) is 48.5 Å². The number of nitrogens with one attached hydrogen (secondary N) is 1. The standard InChI is InChI=1S/C23H23F2N5O4/c1-33-16-5-3-2-4-15(16)22(32)28-10-13-6-8-14(9-7-13)19-18(21(27)31)20(26)30(29-19)17-11-34-12-23(17,24)25/h2-9,17H,10-12,26H2,1H3,(H2,27,31)(H,28,32). The highest BCUT2D eigenvalue weighted by molar-refractivity contribution is 6.03. The fourth-order valence-electron chi connectivity index (χ4n) is 3.79. The van der Waals surface area contributed by atoms with E-state index in [4.69, 9.17) is 20.9 Å². The van der Waals surface area contributed by atoms with Gasteiger partial charge in [-0.1, -0.05) is 36.4 Å². The lowest BCUT2D eigenvalue weighted by Crippen LogP contribution is -2.31. The van der Waals surface area contributed by atoms with Gasteiger partial charge in [-0.2, -0.15) is 5.10 Å². The van der Waals surface area contributed by atoms with Crippen LogP contribution < -0.4 is 21.5 Å². The van der Waals surface area contributed by atoms with E-state index >= 15 is 0 Å². The highest BCUT2D eigenvalue weighted by atomic mass is 19.3. The van der Waals surface area contributed by atoms with Crippen molar-refractivity contribution in [3.63, 3.8) is 0 Å². The number of alkyl halides is 2. The first kappa shape index (κ1) is 23.2. The molecular weight excluding hydrogens is 448 g/mol. The number of primary amides is 1. The average molecular weight is 471 g/mol. The van der Waals surface area contributed by atoms with Crippen LogP contribution in [0.2, 0.25) is 0 Å². The molecule has 0 aliphatic carbocycles. The van der Waals surface area contributed by atoms with Crippen LogP contribution in [-0.4, -0.2) is 47.8 Å². The van der Waals surface area contributed by atoms with Crippen molar-refractivity contribution in [2.45, 2.75) is 18.5 Å². The summed E-state index contributed by atoms with van der Waals surface area (Å²) in [7, 11) is 1.49. The molecule has 1 aliphatic rings. The third-order valence-corrected chi connectivity index (χ3v) is 5.58. The molecule has 3 aromatic rings. The van der Waals surface area contributed by atoms with Crippen LogP contribution in [0.3, 0.4) is 0 Å². The maximum atomic E-state index is 14.2. The van der Waals surface area contributed by atoms with Gasteiger partial charge in [0.25, 0.3) is 17.7 Å². The zero-order valence-corrected chi connectivity index (χ0v) is 18.3. The summed E-state index contributed by atoms with van der Waals surface area (Å²) in [5, 5.41) is 7.00. The van der Waals surface area contributed by atoms with E-state index in [1.807, 2.05) is 0 Å². The lowest BCUT2D eigenvalue weighted by atomic mass is 10.0. The first-order chi connectivity index (χ1) is 16.2. The van der Waals surface area contributed by atoms with Crippen LogP contribution in [0.4, 0.5) is 14.6 Å². The minimum absolute atomic E-state index is 0.0947. The van der Waals surface area contributed by atoms with Crippen molar-refractivity contribution in [2.24, 2.45) is 5.73 Å². The Hall–Kier alpha value is -3.99. The van der Waals surface area contributed by atoms with Gasteiger partial charge >= 0.3 is 0 Å². The molecule has 5 N–H and O–H groups in total. The summed E-state index contributed by atoms with van der Waals surface area (Å²) < 4.78 is 39.4. The van der Waals surface area contributed by atoms with Crippen molar-refractivity contribution in [2.75, 3.05) is 26.1 Å². The summed E-state index contributed by atoms with van der Waals surface area (Å²) in [6.45, 7) is -0.823. The molecule has 34 heavy (non-hydrogen) atoms. The molecule has 178 valence electrons. The van der Waals surface area contributed by atoms with Gasteiger partial charge in [0.05, 0.1) is 19.3 Å². The number of hydrogen-bond acceptors (Lipinski definition) is 6. The number of hydrogen-bond donors (Lipinski definition) is 3. The molecule has 2 amide bonds. The maximum absolute atomic E-state index is 14.2. The SMILES string of the molecule is COc1ccccc1C(=O)NCc1ccc(-c2nn(C3COCC3(F)F)c(N)c2C(N)=O)cc1. The van der Waals surface area contributed by atoms with Gasteiger partial charge in [0.2, 0.25) is 0 Å². The minimum atomic E-state index is -3.18. The lowest BCUT2D eigenvalue weighted by molar-refractivity contribution is -0.0344. The van der Waals surface area contributed by atoms with Gasteiger partial charge in [-0.15, -0.1) is 0 Å². The van der Waals surface area contributed by atoms with E-state index in [-0.39, 0.29) is 36.1 Å². The van der Waals surface area contributed by atoms with E-state index in [2.05, 4.69) is 10.4 Å². The number of carbonyl (C=O) groups excluding carboxylic acids is 2. The monoisotopic (exact) mass is 471 g/mol. The molecule has 0 spiro atoms. The van der Waals surface area contributed by atoms with E-state index in [0.717, 1.165) is 10.2 Å². The van der Waals surface area contributed by atoms with Gasteiger partial charge in [-0.25, -0.2) is 13.5 Å². The molecule has 0 bridgehead atoms. The molecule has 4 rings (SSSR count). The molecule has 0 radical (unpaired) electrons. The first-order valence-electron chi connectivity index (χ1n) is 10.4. The van der Waals surface area contributed by atoms with E-state index in [1.165, 1.54) is 7.11 Å². The Bertz CT molecular complexity index is 1230. The molecule has 2 heterocycles. The Morgan fingerprint density at radius 2 is 1.94 bits per heavy atom. The van der Waals surface area contributed by atoms with E-state index in [0.29, 0.717) is 16.9 Å². The first-order valence-corrected chi connectivity index (χ1v) is 10.4. The third-order valence-electron chi connectivity index (χ3n) is 5.58. The smallest absolute Gasteiger partial charge is 0.295 e. The summed E-state index contributed by atoms with van der Waals surface area (Å²) in [6, 6.07) is 12.1. The Morgan fingerprint density at radius 3 is 2.56 bits per heavy atom. The number of nitrogens with two attached hydrogens (primary N) is 2. The average Bonchev–Trinajstić information content (AvgIpc) is 3.35. The Morgan fingerprint density at radius 1 is 1.24 bits per heavy atom. The predicted molar refractivity (Wildman–Crippen MR) is 120 cm³/mol. The van der Waals surface area contributed by atoms with Crippen LogP contribution in [0.1, 0.15) is 32.3 Å². The summed E-state index contributed by atoms with van der Waals surface area (Å²) in [6.07, 6.45) is 0. The summed E-state index contributed by atoms with van der Waals surface area (Å²) >= 11 is 0. The molecule has 1 unspecified atom stereocenters. The highest BCUT2D eigenvalue weighted by Crippen LogP contribution is 2.38. The number of nitrogens with zero attached hydrogens (tertiary/aromatic N) is 2. The molecule has 0 saturated carbocycles. The normalized spacial score (nSPS) is 16.9. The van der Waals surface area contributed by atoms with Crippen LogP contribution in [0, 0.1) is 0 Å². The quantitative estimate of drug-likeness (QED) is 0.484. The van der Waals surface area contributed by atoms with Gasteiger partial charge in [-0.3, -0.25) is 9.59 Å². The largest absolute Gasteiger partial charge is 0.496 e. The Kier molecular flexibility index (Phi) is 6.20. The number of rotatable bonds is 7. The van der Waals surface area contributed by atoms with E-state index in [9.17, 15) is 18.4 Å². The number of nitrogen functional groups attached to an aromatic ring is 1. The predicted octanol–water partition coefficient (Wildman–Crippen LogP) is 2.38. The number of carbonyl (C=O) groups is 2. The molecule has 11 heteroatoms. The van der Waals surface area contributed by atoms with Crippen LogP contribution in [0.25, 0.3) is 11.3 Å². The van der Waals surface area contributed by atoms with Crippen molar-refractivity contribution < 1.29 is 27.8 Å². The number of halogens is 2. The molecule has 1 aromatic heterocycles. The zero-order valence-electron chi connectivity index (χ0n) is 18.3. The Balaban J connectivity index is 1.55. The summed E-state index contributed by atoms with van der Waals surface area (Å²) in [5.74, 6) is -4.15. The number of ether oxygens (including phenoxy) is 2. The van der Waals surface area contributed by atoms with Gasteiger partial charge in [0.15, 0.2) is 0 Å². The fraction of sp³-hybridized carbons (Fsp3) is 0.261. The Labute approximate surface area is 193 Å². The van der Waals surface area contributed by atoms with Crippen LogP contribution >= 0.6 is 0 Å². The lowest BCUT2D eigenvalue weighted by Gasteiger charge is -2.18. The second-order valence-electron chi connectivity index (χ2n) is 7.79. The van der Waals surface area contributed by atoms with Crippen LogP contribution in [-0.2, 0) is 11.3 Å². The van der Waals surface area contributed by atoms with Gasteiger partial charge in [0.1, 0.15) is 35.5 Å². The maximum Gasteiger partial charge on any atom is 0.295 e. The topological polar surface area (TPSA) is 134 Å². The van der Waals surface area contributed by atoms with Crippen molar-refractivity contribution in [3.05, 3.63) is 65.2 Å². The molecule has 1 saturated heterocycles. The second-order valence-corrected chi connectivity index (χ2v) is 7.79. The van der Waals surface area contributed by atoms with Crippen molar-refractivity contribution >= 4 is 17.6 Å². The zero-order chi connectivity index (χ0) is 24.5. The second kappa shape index (κ2) is 9.10. The van der Waals surface area contributed by atoms with Gasteiger partial charge < -0.3 is 26.3 Å². The van der Waals surface area contributed by atoms with Crippen LogP contribution in [0.15, 0.2) is 48.5 Å². The fourth-order valence-corrected chi connectivity index (χ4v) is 3.79. The molecule has 1 atom stereocenters. The van der Waals surface area contributed by atoms with Crippen molar-refractivity contribution in [1.29, 1.82) is 0 Å². The number of para-hydroxylation sites is 1. The third kappa shape index (κ3) is 4.29. The number of methoxy groups -OCH3 is 1.